The van der Waals surface area contributed by atoms with E-state index in [0.29, 0.717) is 31.7 Å². The molecule has 1 heterocycles. The zero-order chi connectivity index (χ0) is 29.7. The number of ether oxygens (including phenoxy) is 3. The highest BCUT2D eigenvalue weighted by Crippen LogP contribution is 2.36. The molecule has 0 saturated carbocycles. The molecule has 218 valence electrons. The molecule has 4 aromatic rings. The summed E-state index contributed by atoms with van der Waals surface area (Å²) in [6.45, 7) is 8.92. The average Bonchev–Trinajstić information content (AvgIpc) is 2.99. The van der Waals surface area contributed by atoms with Gasteiger partial charge in [0.05, 0.1) is 31.4 Å². The molecule has 0 bridgehead atoms. The van der Waals surface area contributed by atoms with E-state index in [-0.39, 0.29) is 30.7 Å². The van der Waals surface area contributed by atoms with Gasteiger partial charge < -0.3 is 19.1 Å². The fourth-order valence-electron chi connectivity index (χ4n) is 5.54. The van der Waals surface area contributed by atoms with Gasteiger partial charge in [0.2, 0.25) is 0 Å². The number of hydrogen-bond donors (Lipinski definition) is 0. The Morgan fingerprint density at radius 2 is 1.60 bits per heavy atom. The number of carbonyl (C=O) groups is 2. The van der Waals surface area contributed by atoms with Gasteiger partial charge in [0.25, 0.3) is 0 Å². The van der Waals surface area contributed by atoms with Crippen molar-refractivity contribution in [2.45, 2.75) is 58.3 Å². The maximum absolute atomic E-state index is 13.1. The summed E-state index contributed by atoms with van der Waals surface area (Å²) < 4.78 is 17.8. The van der Waals surface area contributed by atoms with Gasteiger partial charge in [-0.15, -0.1) is 0 Å². The number of amides is 1. The number of likely N-dealkylation sites (tertiary alicyclic amines) is 1. The lowest BCUT2D eigenvalue weighted by atomic mass is 9.82. The normalized spacial score (nSPS) is 17.2. The Kier molecular flexibility index (Phi) is 8.93. The van der Waals surface area contributed by atoms with Crippen LogP contribution in [0.3, 0.4) is 0 Å². The zero-order valence-electron chi connectivity index (χ0n) is 24.8. The van der Waals surface area contributed by atoms with E-state index >= 15 is 0 Å². The molecule has 1 aliphatic rings. The SMILES string of the molecule is CCOC(=O)c1ccc(-c2ccccc2)cc1[C@H]1CCN(C(=O)OC(C)(C)C)C[C@@H]1OCc1ccc2ccccc2c1. The van der Waals surface area contributed by atoms with E-state index in [1.807, 2.05) is 70.2 Å². The minimum atomic E-state index is -0.601. The molecule has 42 heavy (non-hydrogen) atoms. The Morgan fingerprint density at radius 1 is 0.857 bits per heavy atom. The van der Waals surface area contributed by atoms with Gasteiger partial charge in [-0.3, -0.25) is 0 Å². The molecule has 1 amide bonds. The number of fused-ring (bicyclic) bond motifs is 1. The first-order valence-electron chi connectivity index (χ1n) is 14.7. The van der Waals surface area contributed by atoms with E-state index in [2.05, 4.69) is 48.5 Å². The minimum Gasteiger partial charge on any atom is -0.462 e. The van der Waals surface area contributed by atoms with Gasteiger partial charge in [0, 0.05) is 12.5 Å². The van der Waals surface area contributed by atoms with Gasteiger partial charge in [-0.25, -0.2) is 9.59 Å². The molecule has 5 rings (SSSR count). The predicted octanol–water partition coefficient (Wildman–Crippen LogP) is 7.99. The fraction of sp³-hybridized carbons (Fsp3) is 0.333. The lowest BCUT2D eigenvalue weighted by Crippen LogP contribution is -2.48. The lowest BCUT2D eigenvalue weighted by molar-refractivity contribution is -0.0361. The molecule has 6 nitrogen and oxygen atoms in total. The summed E-state index contributed by atoms with van der Waals surface area (Å²) in [7, 11) is 0. The zero-order valence-corrected chi connectivity index (χ0v) is 24.8. The number of hydrogen-bond acceptors (Lipinski definition) is 5. The van der Waals surface area contributed by atoms with Gasteiger partial charge in [0.1, 0.15) is 5.60 Å². The van der Waals surface area contributed by atoms with Crippen molar-refractivity contribution in [3.63, 3.8) is 0 Å². The van der Waals surface area contributed by atoms with Crippen molar-refractivity contribution in [3.05, 3.63) is 108 Å². The van der Waals surface area contributed by atoms with Gasteiger partial charge in [-0.05, 0) is 85.3 Å². The Labute approximate surface area is 248 Å². The average molecular weight is 566 g/mol. The van der Waals surface area contributed by atoms with E-state index in [9.17, 15) is 9.59 Å². The first-order valence-corrected chi connectivity index (χ1v) is 14.7. The quantitative estimate of drug-likeness (QED) is 0.213. The third kappa shape index (κ3) is 7.00. The van der Waals surface area contributed by atoms with Crippen molar-refractivity contribution in [2.75, 3.05) is 19.7 Å². The molecule has 0 radical (unpaired) electrons. The van der Waals surface area contributed by atoms with Crippen LogP contribution in [0.2, 0.25) is 0 Å². The van der Waals surface area contributed by atoms with E-state index in [0.717, 1.165) is 27.6 Å². The van der Waals surface area contributed by atoms with Crippen molar-refractivity contribution >= 4 is 22.8 Å². The highest BCUT2D eigenvalue weighted by atomic mass is 16.6. The molecule has 4 aromatic carbocycles. The molecular weight excluding hydrogens is 526 g/mol. The van der Waals surface area contributed by atoms with Crippen LogP contribution < -0.4 is 0 Å². The van der Waals surface area contributed by atoms with E-state index in [1.165, 1.54) is 5.39 Å². The van der Waals surface area contributed by atoms with Crippen LogP contribution in [-0.4, -0.2) is 48.4 Å². The number of rotatable bonds is 7. The van der Waals surface area contributed by atoms with E-state index < -0.39 is 5.60 Å². The third-order valence-electron chi connectivity index (χ3n) is 7.54. The van der Waals surface area contributed by atoms with Crippen molar-refractivity contribution in [2.24, 2.45) is 0 Å². The molecule has 2 atom stereocenters. The summed E-state index contributed by atoms with van der Waals surface area (Å²) in [6, 6.07) is 30.6. The Hall–Kier alpha value is -4.16. The molecule has 1 fully saturated rings. The second kappa shape index (κ2) is 12.8. The second-order valence-corrected chi connectivity index (χ2v) is 11.7. The minimum absolute atomic E-state index is 0.132. The van der Waals surface area contributed by atoms with E-state index in [1.54, 1.807) is 4.90 Å². The standard InChI is InChI=1S/C36H39NO5/c1-5-40-34(38)31-18-17-29(26-11-7-6-8-12-26)22-32(31)30-19-20-37(35(39)42-36(2,3)4)23-33(30)41-24-25-15-16-27-13-9-10-14-28(27)21-25/h6-18,21-22,30,33H,5,19-20,23-24H2,1-4H3/t30-,33+/m1/s1. The number of piperidine rings is 1. The Balaban J connectivity index is 1.49. The third-order valence-corrected chi connectivity index (χ3v) is 7.54. The second-order valence-electron chi connectivity index (χ2n) is 11.7. The number of nitrogens with zero attached hydrogens (tertiary/aromatic N) is 1. The highest BCUT2D eigenvalue weighted by Gasteiger charge is 2.37. The molecule has 0 N–H and O–H groups in total. The largest absolute Gasteiger partial charge is 0.462 e. The first-order chi connectivity index (χ1) is 20.2. The van der Waals surface area contributed by atoms with Crippen LogP contribution in [0.5, 0.6) is 0 Å². The number of carbonyl (C=O) groups excluding carboxylic acids is 2. The summed E-state index contributed by atoms with van der Waals surface area (Å²) in [6.07, 6.45) is -0.104. The smallest absolute Gasteiger partial charge is 0.410 e. The first kappa shape index (κ1) is 29.3. The lowest BCUT2D eigenvalue weighted by Gasteiger charge is -2.39. The predicted molar refractivity (Wildman–Crippen MR) is 166 cm³/mol. The van der Waals surface area contributed by atoms with Crippen molar-refractivity contribution in [1.82, 2.24) is 4.90 Å². The van der Waals surface area contributed by atoms with Crippen molar-refractivity contribution in [3.8, 4) is 11.1 Å². The molecule has 0 aliphatic carbocycles. The maximum atomic E-state index is 13.1. The monoisotopic (exact) mass is 565 g/mol. The van der Waals surface area contributed by atoms with Gasteiger partial charge in [-0.2, -0.15) is 0 Å². The van der Waals surface area contributed by atoms with Crippen LogP contribution in [0.25, 0.3) is 21.9 Å². The van der Waals surface area contributed by atoms with Crippen LogP contribution >= 0.6 is 0 Å². The number of esters is 1. The molecule has 0 unspecified atom stereocenters. The Morgan fingerprint density at radius 3 is 2.33 bits per heavy atom. The van der Waals surface area contributed by atoms with Crippen LogP contribution in [0.1, 0.15) is 61.5 Å². The fourth-order valence-corrected chi connectivity index (χ4v) is 5.54. The van der Waals surface area contributed by atoms with Crippen molar-refractivity contribution in [1.29, 1.82) is 0 Å². The number of benzene rings is 4. The van der Waals surface area contributed by atoms with Crippen LogP contribution in [0, 0.1) is 0 Å². The highest BCUT2D eigenvalue weighted by molar-refractivity contribution is 5.92. The van der Waals surface area contributed by atoms with Crippen LogP contribution in [-0.2, 0) is 20.8 Å². The van der Waals surface area contributed by atoms with E-state index in [4.69, 9.17) is 14.2 Å². The van der Waals surface area contributed by atoms with Gasteiger partial charge in [0.15, 0.2) is 0 Å². The summed E-state index contributed by atoms with van der Waals surface area (Å²) >= 11 is 0. The topological polar surface area (TPSA) is 65.1 Å². The van der Waals surface area contributed by atoms with Crippen LogP contribution in [0.4, 0.5) is 4.79 Å². The van der Waals surface area contributed by atoms with Crippen LogP contribution in [0.15, 0.2) is 91.0 Å². The summed E-state index contributed by atoms with van der Waals surface area (Å²) in [4.78, 5) is 28.0. The molecule has 1 aliphatic heterocycles. The Bertz CT molecular complexity index is 1540. The van der Waals surface area contributed by atoms with Gasteiger partial charge >= 0.3 is 12.1 Å². The van der Waals surface area contributed by atoms with Crippen molar-refractivity contribution < 1.29 is 23.8 Å². The van der Waals surface area contributed by atoms with Gasteiger partial charge in [-0.1, -0.05) is 72.8 Å². The summed E-state index contributed by atoms with van der Waals surface area (Å²) in [5, 5.41) is 2.32. The molecule has 6 heteroatoms. The summed E-state index contributed by atoms with van der Waals surface area (Å²) in [5.74, 6) is -0.484. The summed E-state index contributed by atoms with van der Waals surface area (Å²) in [5.41, 5.74) is 3.94. The maximum Gasteiger partial charge on any atom is 0.410 e. The molecular formula is C36H39NO5. The molecule has 0 spiro atoms. The molecule has 0 aromatic heterocycles. The molecule has 1 saturated heterocycles.